The van der Waals surface area contributed by atoms with Gasteiger partial charge in [-0.1, -0.05) is 81.4 Å². The summed E-state index contributed by atoms with van der Waals surface area (Å²) in [7, 11) is -2.46. The number of benzene rings is 1. The molecule has 1 heterocycles. The Morgan fingerprint density at radius 1 is 0.905 bits per heavy atom. The quantitative estimate of drug-likeness (QED) is 0.240. The second kappa shape index (κ2) is 10.9. The highest BCUT2D eigenvalue weighted by molar-refractivity contribution is 6.74. The lowest BCUT2D eigenvalue weighted by molar-refractivity contribution is -0.157. The summed E-state index contributed by atoms with van der Waals surface area (Å²) < 4.78 is 7.16. The van der Waals surface area contributed by atoms with Gasteiger partial charge in [-0.25, -0.2) is 4.85 Å². The lowest BCUT2D eigenvalue weighted by atomic mass is 9.95. The third kappa shape index (κ3) is 5.97. The highest BCUT2D eigenvalue weighted by Crippen LogP contribution is 2.55. The zero-order chi connectivity index (χ0) is 31.3. The summed E-state index contributed by atoms with van der Waals surface area (Å²) in [5.41, 5.74) is 3.31. The number of rotatable bonds is 5. The van der Waals surface area contributed by atoms with Crippen LogP contribution in [0.4, 0.5) is 0 Å². The maximum Gasteiger partial charge on any atom is 0.256 e. The SMILES string of the molecule is [C-]#[N+]C1=C(c2ccccc2)ON(C(C)(C)C)C1c1c2cccccc-2c(C(=O)NC(C)(C)C)c1O[Si](C)(C)C(C)(C)C. The number of fused-ring (bicyclic) bond motifs is 1. The van der Waals surface area contributed by atoms with Gasteiger partial charge in [0.15, 0.2) is 5.76 Å². The summed E-state index contributed by atoms with van der Waals surface area (Å²) >= 11 is 0. The minimum atomic E-state index is -2.46. The second-order valence-corrected chi connectivity index (χ2v) is 19.3. The van der Waals surface area contributed by atoms with E-state index in [1.54, 1.807) is 0 Å². The molecule has 1 aromatic carbocycles. The van der Waals surface area contributed by atoms with E-state index in [1.807, 2.05) is 86.5 Å². The summed E-state index contributed by atoms with van der Waals surface area (Å²) in [5, 5.41) is 4.96. The van der Waals surface area contributed by atoms with E-state index >= 15 is 0 Å². The van der Waals surface area contributed by atoms with Crippen LogP contribution in [0.5, 0.6) is 5.75 Å². The third-order valence-corrected chi connectivity index (χ3v) is 12.3. The third-order valence-electron chi connectivity index (χ3n) is 7.96. The van der Waals surface area contributed by atoms with Crippen molar-refractivity contribution in [1.82, 2.24) is 10.4 Å². The molecular weight excluding hydrogens is 538 g/mol. The van der Waals surface area contributed by atoms with Gasteiger partial charge in [0.05, 0.1) is 12.1 Å². The van der Waals surface area contributed by atoms with Crippen LogP contribution in [0.15, 0.2) is 66.4 Å². The summed E-state index contributed by atoms with van der Waals surface area (Å²) in [4.78, 5) is 24.9. The van der Waals surface area contributed by atoms with Crippen molar-refractivity contribution < 1.29 is 14.1 Å². The number of nitrogens with zero attached hydrogens (tertiary/aromatic N) is 2. The summed E-state index contributed by atoms with van der Waals surface area (Å²) in [6.45, 7) is 31.5. The number of amides is 1. The van der Waals surface area contributed by atoms with Crippen LogP contribution in [-0.4, -0.2) is 30.4 Å². The monoisotopic (exact) mass is 583 g/mol. The van der Waals surface area contributed by atoms with Crippen molar-refractivity contribution in [3.63, 3.8) is 0 Å². The van der Waals surface area contributed by atoms with E-state index in [1.165, 1.54) is 0 Å². The van der Waals surface area contributed by atoms with Gasteiger partial charge in [-0.05, 0) is 70.8 Å². The second-order valence-electron chi connectivity index (χ2n) is 14.6. The van der Waals surface area contributed by atoms with E-state index in [2.05, 4.69) is 64.8 Å². The Bertz CT molecular complexity index is 1520. The highest BCUT2D eigenvalue weighted by Gasteiger charge is 2.49. The molecule has 3 aliphatic rings. The van der Waals surface area contributed by atoms with E-state index in [4.69, 9.17) is 15.8 Å². The van der Waals surface area contributed by atoms with Gasteiger partial charge >= 0.3 is 0 Å². The van der Waals surface area contributed by atoms with Crippen LogP contribution in [0, 0.1) is 6.57 Å². The Hall–Kier alpha value is -3.60. The molecule has 1 amide bonds. The van der Waals surface area contributed by atoms with Crippen molar-refractivity contribution >= 4 is 20.0 Å². The predicted molar refractivity (Wildman–Crippen MR) is 173 cm³/mol. The molecule has 42 heavy (non-hydrogen) atoms. The Kier molecular flexibility index (Phi) is 8.14. The molecule has 1 N–H and O–H groups in total. The van der Waals surface area contributed by atoms with Gasteiger partial charge in [-0.15, -0.1) is 5.06 Å². The van der Waals surface area contributed by atoms with Crippen LogP contribution in [0.2, 0.25) is 18.1 Å². The van der Waals surface area contributed by atoms with Crippen molar-refractivity contribution in [2.75, 3.05) is 0 Å². The number of hydrogen-bond donors (Lipinski definition) is 1. The van der Waals surface area contributed by atoms with Crippen molar-refractivity contribution in [3.05, 3.63) is 94.5 Å². The van der Waals surface area contributed by atoms with Gasteiger partial charge in [0.2, 0.25) is 5.70 Å². The molecule has 1 aliphatic heterocycles. The Balaban J connectivity index is 2.14. The first-order valence-electron chi connectivity index (χ1n) is 14.6. The van der Waals surface area contributed by atoms with Crippen LogP contribution in [-0.2, 0) is 4.84 Å². The van der Waals surface area contributed by atoms with Crippen LogP contribution < -0.4 is 9.74 Å². The molecule has 2 aliphatic carbocycles. The van der Waals surface area contributed by atoms with Gasteiger partial charge < -0.3 is 14.6 Å². The minimum Gasteiger partial charge on any atom is -0.543 e. The fraction of sp³-hybridized carbons (Fsp3) is 0.429. The average Bonchev–Trinajstić information content (AvgIpc) is 3.27. The van der Waals surface area contributed by atoms with Gasteiger partial charge in [-0.3, -0.25) is 4.79 Å². The van der Waals surface area contributed by atoms with Crippen molar-refractivity contribution in [2.24, 2.45) is 0 Å². The fourth-order valence-corrected chi connectivity index (χ4v) is 5.94. The molecular formula is C35H45N3O3Si. The van der Waals surface area contributed by atoms with Crippen molar-refractivity contribution in [3.8, 4) is 16.9 Å². The van der Waals surface area contributed by atoms with Crippen molar-refractivity contribution in [2.45, 2.75) is 97.6 Å². The molecule has 0 aromatic heterocycles. The topological polar surface area (TPSA) is 55.2 Å². The molecule has 1 atom stereocenters. The smallest absolute Gasteiger partial charge is 0.256 e. The van der Waals surface area contributed by atoms with E-state index in [0.717, 1.165) is 22.3 Å². The molecule has 4 rings (SSSR count). The molecule has 0 bridgehead atoms. The molecule has 7 heteroatoms. The lowest BCUT2D eigenvalue weighted by Crippen LogP contribution is -2.45. The van der Waals surface area contributed by atoms with Crippen LogP contribution in [0.25, 0.3) is 21.7 Å². The zero-order valence-electron chi connectivity index (χ0n) is 27.0. The normalized spacial score (nSPS) is 16.8. The predicted octanol–water partition coefficient (Wildman–Crippen LogP) is 9.08. The van der Waals surface area contributed by atoms with Crippen LogP contribution in [0.1, 0.15) is 89.8 Å². The molecule has 0 saturated heterocycles. The maximum absolute atomic E-state index is 14.2. The summed E-state index contributed by atoms with van der Waals surface area (Å²) in [6, 6.07) is 19.0. The number of hydrogen-bond acceptors (Lipinski definition) is 4. The Morgan fingerprint density at radius 2 is 1.45 bits per heavy atom. The number of nitrogens with one attached hydrogen (secondary N) is 1. The van der Waals surface area contributed by atoms with E-state index in [9.17, 15) is 4.79 Å². The van der Waals surface area contributed by atoms with Gasteiger partial charge in [0.25, 0.3) is 14.2 Å². The largest absolute Gasteiger partial charge is 0.543 e. The molecule has 0 spiro atoms. The molecule has 1 aromatic rings. The summed E-state index contributed by atoms with van der Waals surface area (Å²) in [5.74, 6) is 0.874. The molecule has 222 valence electrons. The minimum absolute atomic E-state index is 0.125. The number of carbonyl (C=O) groups is 1. The number of hydroxylamine groups is 2. The molecule has 0 saturated carbocycles. The first-order valence-corrected chi connectivity index (χ1v) is 17.5. The van der Waals surface area contributed by atoms with E-state index < -0.39 is 25.4 Å². The lowest BCUT2D eigenvalue weighted by Gasteiger charge is -2.39. The molecule has 0 radical (unpaired) electrons. The first kappa shape index (κ1) is 31.3. The standard InChI is InChI=1S/C35H45N3O3Si/c1-33(2,3)37-32(39)27-25-22-18-14-17-21-24(25)26(31(27)41-42(11,12)35(7,8)9)29-28(36-10)30(23-19-15-13-16-20-23)40-38(29)34(4,5)6/h13-22,29H,1-9,11-12H3,(H,37,39). The fourth-order valence-electron chi connectivity index (χ4n) is 4.91. The van der Waals surface area contributed by atoms with E-state index in [-0.39, 0.29) is 10.9 Å². The Labute approximate surface area is 253 Å². The molecule has 6 nitrogen and oxygen atoms in total. The van der Waals surface area contributed by atoms with Crippen LogP contribution >= 0.6 is 0 Å². The molecule has 0 fully saturated rings. The Morgan fingerprint density at radius 3 is 1.95 bits per heavy atom. The van der Waals surface area contributed by atoms with E-state index in [0.29, 0.717) is 22.8 Å². The number of carbonyl (C=O) groups excluding carboxylic acids is 1. The van der Waals surface area contributed by atoms with Crippen LogP contribution in [0.3, 0.4) is 0 Å². The first-order chi connectivity index (χ1) is 19.4. The maximum atomic E-state index is 14.2. The summed E-state index contributed by atoms with van der Waals surface area (Å²) in [6.07, 6.45) is 0. The highest BCUT2D eigenvalue weighted by atomic mass is 28.4. The van der Waals surface area contributed by atoms with Gasteiger partial charge in [0.1, 0.15) is 11.8 Å². The van der Waals surface area contributed by atoms with Gasteiger partial charge in [0, 0.05) is 22.2 Å². The van der Waals surface area contributed by atoms with Gasteiger partial charge in [-0.2, -0.15) is 0 Å². The van der Waals surface area contributed by atoms with Crippen molar-refractivity contribution in [1.29, 1.82) is 0 Å². The zero-order valence-corrected chi connectivity index (χ0v) is 28.0. The molecule has 1 unspecified atom stereocenters. The average molecular weight is 584 g/mol.